The van der Waals surface area contributed by atoms with Gasteiger partial charge in [-0.15, -0.1) is 18.3 Å². The number of halogens is 3. The largest absolute Gasteiger partial charge is 0.573 e. The van der Waals surface area contributed by atoms with E-state index in [1.807, 2.05) is 38.1 Å². The van der Waals surface area contributed by atoms with Gasteiger partial charge in [-0.1, -0.05) is 49.9 Å². The van der Waals surface area contributed by atoms with Gasteiger partial charge in [-0.3, -0.25) is 9.69 Å². The fourth-order valence-corrected chi connectivity index (χ4v) is 7.44. The molecular weight excluding hydrogens is 615 g/mol. The lowest BCUT2D eigenvalue weighted by atomic mass is 10.0. The second-order valence-corrected chi connectivity index (χ2v) is 13.2. The smallest absolute Gasteiger partial charge is 0.406 e. The zero-order valence-electron chi connectivity index (χ0n) is 23.3. The fourth-order valence-electron chi connectivity index (χ4n) is 5.08. The highest BCUT2D eigenvalue weighted by Gasteiger charge is 2.33. The number of thioether (sulfide) groups is 1. The number of sulfone groups is 1. The van der Waals surface area contributed by atoms with Gasteiger partial charge in [0.1, 0.15) is 17.5 Å². The van der Waals surface area contributed by atoms with Gasteiger partial charge in [0.05, 0.1) is 34.4 Å². The molecule has 4 aromatic rings. The molecule has 0 N–H and O–H groups in total. The molecule has 3 aromatic carbocycles. The average molecular weight is 640 g/mol. The molecule has 226 valence electrons. The van der Waals surface area contributed by atoms with Crippen LogP contribution in [0.15, 0.2) is 88.0 Å². The molecular formula is C30H24F3N5O4S2. The Morgan fingerprint density at radius 1 is 1.07 bits per heavy atom. The van der Waals surface area contributed by atoms with Gasteiger partial charge in [0, 0.05) is 11.1 Å². The van der Waals surface area contributed by atoms with Gasteiger partial charge in [-0.05, 0) is 59.5 Å². The number of nitrogens with zero attached hydrogens (tertiary/aromatic N) is 5. The minimum Gasteiger partial charge on any atom is -0.406 e. The lowest BCUT2D eigenvalue weighted by Gasteiger charge is -2.21. The van der Waals surface area contributed by atoms with Gasteiger partial charge in [-0.2, -0.15) is 5.10 Å². The molecule has 6 rings (SSSR count). The van der Waals surface area contributed by atoms with E-state index in [0.717, 1.165) is 23.4 Å². The van der Waals surface area contributed by atoms with Crippen molar-refractivity contribution in [1.82, 2.24) is 9.55 Å². The van der Waals surface area contributed by atoms with Crippen LogP contribution >= 0.6 is 11.8 Å². The standard InChI is InChI=1S/C30H24F3N5O4S2/c1-18(2)22-5-3-4-6-24(22)38-27(39)16-43-29(38)36-35-14-19-7-12-23-26(13-19)44(40,41)17-37-25(15-34-28(23)37)20-8-10-21(11-9-20)42-30(31,32)33/h3-15,18H,16-17H2,1-2H3. The molecule has 0 spiro atoms. The Labute approximate surface area is 255 Å². The summed E-state index contributed by atoms with van der Waals surface area (Å²) in [6.07, 6.45) is -1.91. The number of ether oxygens (including phenoxy) is 1. The molecule has 0 bridgehead atoms. The van der Waals surface area contributed by atoms with Crippen molar-refractivity contribution in [3.8, 4) is 28.4 Å². The minimum atomic E-state index is -4.82. The van der Waals surface area contributed by atoms with E-state index in [1.54, 1.807) is 17.0 Å². The van der Waals surface area contributed by atoms with Gasteiger partial charge < -0.3 is 9.30 Å². The first-order valence-electron chi connectivity index (χ1n) is 13.4. The number of imidazole rings is 1. The van der Waals surface area contributed by atoms with Gasteiger partial charge in [0.2, 0.25) is 5.91 Å². The summed E-state index contributed by atoms with van der Waals surface area (Å²) in [6.45, 7) is 4.10. The van der Waals surface area contributed by atoms with Crippen LogP contribution in [-0.2, 0) is 20.5 Å². The monoisotopic (exact) mass is 639 g/mol. The maximum Gasteiger partial charge on any atom is 0.573 e. The van der Waals surface area contributed by atoms with Crippen LogP contribution in [0, 0.1) is 0 Å². The lowest BCUT2D eigenvalue weighted by molar-refractivity contribution is -0.274. The van der Waals surface area contributed by atoms with E-state index >= 15 is 0 Å². The Hall–Kier alpha value is -4.43. The van der Waals surface area contributed by atoms with E-state index < -0.39 is 22.1 Å². The molecule has 9 nitrogen and oxygen atoms in total. The molecule has 1 fully saturated rings. The first-order chi connectivity index (χ1) is 20.9. The molecule has 1 amide bonds. The molecule has 1 aromatic heterocycles. The van der Waals surface area contributed by atoms with Gasteiger partial charge >= 0.3 is 6.36 Å². The quantitative estimate of drug-likeness (QED) is 0.177. The van der Waals surface area contributed by atoms with Crippen LogP contribution < -0.4 is 9.64 Å². The Morgan fingerprint density at radius 2 is 1.82 bits per heavy atom. The maximum atomic E-state index is 13.4. The number of amides is 1. The molecule has 1 saturated heterocycles. The second-order valence-electron chi connectivity index (χ2n) is 10.3. The number of hydrogen-bond donors (Lipinski definition) is 0. The number of carbonyl (C=O) groups is 1. The van der Waals surface area contributed by atoms with E-state index in [9.17, 15) is 26.4 Å². The first kappa shape index (κ1) is 29.6. The number of carbonyl (C=O) groups excluding carboxylic acids is 1. The summed E-state index contributed by atoms with van der Waals surface area (Å²) in [5, 5.41) is 8.89. The number of benzene rings is 3. The summed E-state index contributed by atoms with van der Waals surface area (Å²) in [7, 11) is -3.82. The highest BCUT2D eigenvalue weighted by Crippen LogP contribution is 2.38. The van der Waals surface area contributed by atoms with E-state index in [0.29, 0.717) is 33.4 Å². The van der Waals surface area contributed by atoms with Crippen LogP contribution in [0.4, 0.5) is 18.9 Å². The van der Waals surface area contributed by atoms with Crippen LogP contribution in [0.2, 0.25) is 0 Å². The normalized spacial score (nSPS) is 17.0. The van der Waals surface area contributed by atoms with Crippen molar-refractivity contribution in [3.05, 3.63) is 84.1 Å². The Morgan fingerprint density at radius 3 is 2.55 bits per heavy atom. The van der Waals surface area contributed by atoms with Crippen LogP contribution in [0.25, 0.3) is 22.6 Å². The number of amidine groups is 1. The summed E-state index contributed by atoms with van der Waals surface area (Å²) in [4.78, 5) is 18.8. The van der Waals surface area contributed by atoms with Crippen molar-refractivity contribution in [1.29, 1.82) is 0 Å². The Kier molecular flexibility index (Phi) is 7.58. The summed E-state index contributed by atoms with van der Waals surface area (Å²) in [6, 6.07) is 17.6. The van der Waals surface area contributed by atoms with E-state index in [2.05, 4.69) is 19.9 Å². The average Bonchev–Trinajstić information content (AvgIpc) is 3.55. The van der Waals surface area contributed by atoms with Gasteiger partial charge in [0.15, 0.2) is 15.0 Å². The topological polar surface area (TPSA) is 106 Å². The third kappa shape index (κ3) is 5.74. The van der Waals surface area contributed by atoms with Gasteiger partial charge in [-0.25, -0.2) is 13.4 Å². The fraction of sp³-hybridized carbons (Fsp3) is 0.200. The molecule has 0 saturated carbocycles. The Bertz CT molecular complexity index is 1930. The molecule has 0 unspecified atom stereocenters. The minimum absolute atomic E-state index is 0.0746. The van der Waals surface area contributed by atoms with Crippen molar-refractivity contribution in [2.75, 3.05) is 10.7 Å². The van der Waals surface area contributed by atoms with Crippen molar-refractivity contribution in [2.24, 2.45) is 10.2 Å². The summed E-state index contributed by atoms with van der Waals surface area (Å²) in [5.41, 5.74) is 3.55. The SMILES string of the molecule is CC(C)c1ccccc1N1C(=O)CSC1=NN=Cc1ccc2c(c1)S(=O)(=O)Cn1c(-c3ccc(OC(F)(F)F)cc3)cnc1-2. The number of rotatable bonds is 6. The van der Waals surface area contributed by atoms with Crippen LogP contribution in [0.5, 0.6) is 5.75 Å². The van der Waals surface area contributed by atoms with E-state index in [-0.39, 0.29) is 28.2 Å². The molecule has 0 aliphatic carbocycles. The Balaban J connectivity index is 1.28. The van der Waals surface area contributed by atoms with Crippen molar-refractivity contribution in [3.63, 3.8) is 0 Å². The third-order valence-corrected chi connectivity index (χ3v) is 9.55. The summed E-state index contributed by atoms with van der Waals surface area (Å²) >= 11 is 1.28. The summed E-state index contributed by atoms with van der Waals surface area (Å²) in [5.74, 6) is -0.0584. The number of para-hydroxylation sites is 1. The lowest BCUT2D eigenvalue weighted by Crippen LogP contribution is -2.30. The van der Waals surface area contributed by atoms with Gasteiger partial charge in [0.25, 0.3) is 0 Å². The number of hydrogen-bond acceptors (Lipinski definition) is 8. The van der Waals surface area contributed by atoms with Crippen LogP contribution in [-0.4, -0.2) is 47.4 Å². The van der Waals surface area contributed by atoms with Crippen molar-refractivity contribution >= 4 is 44.6 Å². The molecule has 2 aliphatic rings. The highest BCUT2D eigenvalue weighted by molar-refractivity contribution is 8.15. The van der Waals surface area contributed by atoms with Crippen LogP contribution in [0.1, 0.15) is 30.9 Å². The zero-order valence-corrected chi connectivity index (χ0v) is 24.9. The van der Waals surface area contributed by atoms with E-state index in [1.165, 1.54) is 46.9 Å². The number of anilines is 1. The molecule has 0 radical (unpaired) electrons. The third-order valence-electron chi connectivity index (χ3n) is 7.04. The molecule has 14 heteroatoms. The predicted octanol–water partition coefficient (Wildman–Crippen LogP) is 6.45. The zero-order chi connectivity index (χ0) is 31.2. The molecule has 2 aliphatic heterocycles. The van der Waals surface area contributed by atoms with E-state index in [4.69, 9.17) is 0 Å². The van der Waals surface area contributed by atoms with Crippen molar-refractivity contribution < 1.29 is 31.1 Å². The number of fused-ring (bicyclic) bond motifs is 3. The van der Waals surface area contributed by atoms with Crippen LogP contribution in [0.3, 0.4) is 0 Å². The molecule has 44 heavy (non-hydrogen) atoms. The molecule has 0 atom stereocenters. The first-order valence-corrected chi connectivity index (χ1v) is 16.0. The number of aromatic nitrogens is 2. The van der Waals surface area contributed by atoms with Crippen molar-refractivity contribution in [2.45, 2.75) is 36.9 Å². The highest BCUT2D eigenvalue weighted by atomic mass is 32.2. The summed E-state index contributed by atoms with van der Waals surface area (Å²) < 4.78 is 69.8. The maximum absolute atomic E-state index is 13.4. The molecule has 3 heterocycles. The number of alkyl halides is 3. The predicted molar refractivity (Wildman–Crippen MR) is 162 cm³/mol. The second kappa shape index (κ2) is 11.2.